The molecule has 0 fully saturated rings. The van der Waals surface area contributed by atoms with Gasteiger partial charge >= 0.3 is 0 Å². The van der Waals surface area contributed by atoms with Crippen LogP contribution in [0.2, 0.25) is 0 Å². The molecule has 1 aliphatic rings. The fraction of sp³-hybridized carbons (Fsp3) is 0.176. The van der Waals surface area contributed by atoms with Crippen LogP contribution in [0.4, 0.5) is 5.69 Å². The van der Waals surface area contributed by atoms with Crippen LogP contribution in [0.1, 0.15) is 11.1 Å². The van der Waals surface area contributed by atoms with E-state index in [1.165, 1.54) is 11.1 Å². The number of fused-ring (bicyclic) bond motifs is 2. The van der Waals surface area contributed by atoms with Gasteiger partial charge in [-0.1, -0.05) is 18.2 Å². The number of aromatic nitrogens is 2. The fourth-order valence-electron chi connectivity index (χ4n) is 2.82. The molecule has 3 aromatic rings. The van der Waals surface area contributed by atoms with Gasteiger partial charge in [-0.15, -0.1) is 0 Å². The summed E-state index contributed by atoms with van der Waals surface area (Å²) in [7, 11) is 1.82. The summed E-state index contributed by atoms with van der Waals surface area (Å²) in [6.45, 7) is 2.09. The molecule has 0 bridgehead atoms. The molecule has 104 valence electrons. The third-order valence-electron chi connectivity index (χ3n) is 3.97. The molecule has 4 heteroatoms. The Labute approximate surface area is 123 Å². The summed E-state index contributed by atoms with van der Waals surface area (Å²) in [5, 5.41) is 3.37. The third kappa shape index (κ3) is 1.91. The number of amidine groups is 1. The van der Waals surface area contributed by atoms with Gasteiger partial charge in [-0.25, -0.2) is 4.98 Å². The molecule has 0 spiro atoms. The van der Waals surface area contributed by atoms with Crippen LogP contribution >= 0.6 is 0 Å². The van der Waals surface area contributed by atoms with Gasteiger partial charge in [0, 0.05) is 30.9 Å². The summed E-state index contributed by atoms with van der Waals surface area (Å²) in [6, 6.07) is 10.6. The van der Waals surface area contributed by atoms with Gasteiger partial charge in [-0.3, -0.25) is 9.39 Å². The van der Waals surface area contributed by atoms with Gasteiger partial charge in [-0.2, -0.15) is 0 Å². The Hall–Kier alpha value is -2.62. The smallest absolute Gasteiger partial charge is 0.137 e. The minimum absolute atomic E-state index is 0.887. The Morgan fingerprint density at radius 2 is 2.14 bits per heavy atom. The number of aliphatic imine (C=N–C) groups is 1. The van der Waals surface area contributed by atoms with Crippen molar-refractivity contribution < 1.29 is 0 Å². The first-order valence-electron chi connectivity index (χ1n) is 7.04. The molecule has 4 rings (SSSR count). The molecule has 2 aromatic heterocycles. The Morgan fingerprint density at radius 1 is 1.24 bits per heavy atom. The summed E-state index contributed by atoms with van der Waals surface area (Å²) in [5.41, 5.74) is 6.92. The van der Waals surface area contributed by atoms with E-state index in [9.17, 15) is 0 Å². The van der Waals surface area contributed by atoms with E-state index in [1.807, 2.05) is 19.3 Å². The van der Waals surface area contributed by atoms with Crippen LogP contribution in [0.5, 0.6) is 0 Å². The lowest BCUT2D eigenvalue weighted by molar-refractivity contribution is 1.16. The number of anilines is 1. The molecule has 3 heterocycles. The summed E-state index contributed by atoms with van der Waals surface area (Å²) in [4.78, 5) is 8.72. The first kappa shape index (κ1) is 12.1. The molecule has 1 N–H and O–H groups in total. The predicted octanol–water partition coefficient (Wildman–Crippen LogP) is 3.31. The van der Waals surface area contributed by atoms with Gasteiger partial charge < -0.3 is 5.32 Å². The second kappa shape index (κ2) is 4.45. The van der Waals surface area contributed by atoms with E-state index in [2.05, 4.69) is 57.1 Å². The molecule has 0 unspecified atom stereocenters. The normalized spacial score (nSPS) is 15.4. The molecular weight excluding hydrogens is 260 g/mol. The Morgan fingerprint density at radius 3 is 3.00 bits per heavy atom. The lowest BCUT2D eigenvalue weighted by Gasteiger charge is -2.06. The summed E-state index contributed by atoms with van der Waals surface area (Å²) in [5.74, 6) is 1.02. The number of hydrogen-bond donors (Lipinski definition) is 1. The van der Waals surface area contributed by atoms with Crippen molar-refractivity contribution in [2.75, 3.05) is 12.4 Å². The molecular formula is C17H16N4. The number of nitrogens with one attached hydrogen (secondary N) is 1. The zero-order valence-corrected chi connectivity index (χ0v) is 12.1. The number of benzene rings is 1. The van der Waals surface area contributed by atoms with Gasteiger partial charge in [0.05, 0.1) is 11.9 Å². The Balaban J connectivity index is 1.85. The van der Waals surface area contributed by atoms with E-state index in [0.717, 1.165) is 34.8 Å². The van der Waals surface area contributed by atoms with E-state index >= 15 is 0 Å². The van der Waals surface area contributed by atoms with Gasteiger partial charge in [0.15, 0.2) is 0 Å². The number of imidazole rings is 1. The molecule has 1 aromatic carbocycles. The Kier molecular flexibility index (Phi) is 2.57. The van der Waals surface area contributed by atoms with E-state index in [1.54, 1.807) is 0 Å². The highest BCUT2D eigenvalue weighted by Gasteiger charge is 2.17. The van der Waals surface area contributed by atoms with Crippen LogP contribution < -0.4 is 5.32 Å². The van der Waals surface area contributed by atoms with Crippen molar-refractivity contribution in [2.24, 2.45) is 4.99 Å². The van der Waals surface area contributed by atoms with Gasteiger partial charge in [0.1, 0.15) is 11.5 Å². The summed E-state index contributed by atoms with van der Waals surface area (Å²) >= 11 is 0. The fourth-order valence-corrected chi connectivity index (χ4v) is 2.82. The lowest BCUT2D eigenvalue weighted by atomic mass is 10.1. The van der Waals surface area contributed by atoms with Gasteiger partial charge in [-0.05, 0) is 30.2 Å². The SMILES string of the molecule is CN=C1Cc2ccc(-c3cnc4ccc(C)cn34)cc2N1. The molecule has 1 aliphatic heterocycles. The first-order chi connectivity index (χ1) is 10.2. The zero-order chi connectivity index (χ0) is 14.4. The van der Waals surface area contributed by atoms with Crippen molar-refractivity contribution >= 4 is 17.2 Å². The number of aryl methyl sites for hydroxylation is 1. The maximum atomic E-state index is 4.48. The van der Waals surface area contributed by atoms with Crippen LogP contribution in [0.3, 0.4) is 0 Å². The largest absolute Gasteiger partial charge is 0.344 e. The van der Waals surface area contributed by atoms with Gasteiger partial charge in [0.25, 0.3) is 0 Å². The molecule has 0 saturated heterocycles. The van der Waals surface area contributed by atoms with Crippen LogP contribution in [0, 0.1) is 6.92 Å². The van der Waals surface area contributed by atoms with E-state index in [4.69, 9.17) is 0 Å². The minimum atomic E-state index is 0.887. The van der Waals surface area contributed by atoms with Crippen molar-refractivity contribution in [1.82, 2.24) is 9.38 Å². The average molecular weight is 276 g/mol. The third-order valence-corrected chi connectivity index (χ3v) is 3.97. The number of pyridine rings is 1. The second-order valence-electron chi connectivity index (χ2n) is 5.42. The second-order valence-corrected chi connectivity index (χ2v) is 5.42. The Bertz CT molecular complexity index is 874. The van der Waals surface area contributed by atoms with Crippen LogP contribution in [-0.4, -0.2) is 22.3 Å². The van der Waals surface area contributed by atoms with Crippen molar-refractivity contribution in [2.45, 2.75) is 13.3 Å². The quantitative estimate of drug-likeness (QED) is 0.741. The number of hydrogen-bond acceptors (Lipinski definition) is 2. The van der Waals surface area contributed by atoms with Crippen LogP contribution in [0.15, 0.2) is 47.7 Å². The monoisotopic (exact) mass is 276 g/mol. The molecule has 0 atom stereocenters. The lowest BCUT2D eigenvalue weighted by Crippen LogP contribution is -2.04. The average Bonchev–Trinajstić information content (AvgIpc) is 3.08. The maximum absolute atomic E-state index is 4.48. The molecule has 0 radical (unpaired) electrons. The first-order valence-corrected chi connectivity index (χ1v) is 7.04. The van der Waals surface area contributed by atoms with Crippen molar-refractivity contribution in [3.05, 3.63) is 53.9 Å². The summed E-state index contributed by atoms with van der Waals surface area (Å²) < 4.78 is 2.14. The molecule has 21 heavy (non-hydrogen) atoms. The van der Waals surface area contributed by atoms with Crippen molar-refractivity contribution in [3.63, 3.8) is 0 Å². The molecule has 0 aliphatic carbocycles. The molecule has 0 saturated carbocycles. The van der Waals surface area contributed by atoms with Crippen molar-refractivity contribution in [1.29, 1.82) is 0 Å². The highest BCUT2D eigenvalue weighted by molar-refractivity contribution is 6.03. The zero-order valence-electron chi connectivity index (χ0n) is 12.1. The van der Waals surface area contributed by atoms with Crippen LogP contribution in [0.25, 0.3) is 16.9 Å². The van der Waals surface area contributed by atoms with E-state index in [0.29, 0.717) is 0 Å². The van der Waals surface area contributed by atoms with E-state index < -0.39 is 0 Å². The molecule has 4 nitrogen and oxygen atoms in total. The molecule has 0 amide bonds. The maximum Gasteiger partial charge on any atom is 0.137 e. The van der Waals surface area contributed by atoms with E-state index in [-0.39, 0.29) is 0 Å². The standard InChI is InChI=1S/C17H16N4/c1-11-3-6-17-19-9-15(21(17)10-11)13-5-4-12-8-16(18-2)20-14(12)7-13/h3-7,9-10H,8H2,1-2H3,(H,18,20). The highest BCUT2D eigenvalue weighted by Crippen LogP contribution is 2.30. The number of rotatable bonds is 1. The summed E-state index contributed by atoms with van der Waals surface area (Å²) in [6.07, 6.45) is 4.94. The van der Waals surface area contributed by atoms with Crippen LogP contribution in [-0.2, 0) is 6.42 Å². The minimum Gasteiger partial charge on any atom is -0.344 e. The predicted molar refractivity (Wildman–Crippen MR) is 86.1 cm³/mol. The van der Waals surface area contributed by atoms with Gasteiger partial charge in [0.2, 0.25) is 0 Å². The topological polar surface area (TPSA) is 41.7 Å². The van der Waals surface area contributed by atoms with Crippen molar-refractivity contribution in [3.8, 4) is 11.3 Å². The highest BCUT2D eigenvalue weighted by atomic mass is 15.0. The number of nitrogens with zero attached hydrogens (tertiary/aromatic N) is 3.